The minimum Gasteiger partial charge on any atom is -0.481 e. The number of halogens is 3. The fourth-order valence-corrected chi connectivity index (χ4v) is 4.16. The van der Waals surface area contributed by atoms with Crippen LogP contribution in [-0.4, -0.2) is 83.7 Å². The van der Waals surface area contributed by atoms with Gasteiger partial charge in [-0.15, -0.1) is 0 Å². The van der Waals surface area contributed by atoms with E-state index in [0.29, 0.717) is 18.8 Å². The number of piperidine rings is 1. The zero-order chi connectivity index (χ0) is 26.4. The first-order valence-electron chi connectivity index (χ1n) is 11.6. The van der Waals surface area contributed by atoms with E-state index in [1.165, 1.54) is 0 Å². The third-order valence-electron chi connectivity index (χ3n) is 6.12. The Labute approximate surface area is 204 Å². The zero-order valence-corrected chi connectivity index (χ0v) is 20.7. The number of likely N-dealkylation sites (tertiary alicyclic amines) is 1. The van der Waals surface area contributed by atoms with Crippen molar-refractivity contribution in [2.45, 2.75) is 52.3 Å². The molecule has 3 rings (SSSR count). The second-order valence-electron chi connectivity index (χ2n) is 9.76. The highest BCUT2D eigenvalue weighted by atomic mass is 19.4. The van der Waals surface area contributed by atoms with Crippen LogP contribution in [0.3, 0.4) is 0 Å². The van der Waals surface area contributed by atoms with Gasteiger partial charge in [-0.3, -0.25) is 19.3 Å². The van der Waals surface area contributed by atoms with Crippen LogP contribution in [0.1, 0.15) is 40.5 Å². The molecule has 0 radical (unpaired) electrons. The normalized spacial score (nSPS) is 17.9. The van der Waals surface area contributed by atoms with Gasteiger partial charge in [0.05, 0.1) is 0 Å². The van der Waals surface area contributed by atoms with Crippen LogP contribution in [-0.2, 0) is 14.4 Å². The lowest BCUT2D eigenvalue weighted by molar-refractivity contribution is -0.185. The van der Waals surface area contributed by atoms with Crippen LogP contribution in [0.15, 0.2) is 24.3 Å². The summed E-state index contributed by atoms with van der Waals surface area (Å²) < 4.78 is 37.7. The monoisotopic (exact) mass is 500 g/mol. The van der Waals surface area contributed by atoms with Crippen molar-refractivity contribution in [3.05, 3.63) is 24.3 Å². The number of carboxylic acid groups (broad SMARTS) is 1. The average molecular weight is 501 g/mol. The average Bonchev–Trinajstić information content (AvgIpc) is 2.78. The number of carbonyl (C=O) groups is 3. The molecule has 2 aliphatic rings. The van der Waals surface area contributed by atoms with Gasteiger partial charge in [0, 0.05) is 55.9 Å². The Bertz CT molecular complexity index is 864. The summed E-state index contributed by atoms with van der Waals surface area (Å²) in [5.41, 5.74) is 1.68. The molecule has 1 aromatic carbocycles. The summed E-state index contributed by atoms with van der Waals surface area (Å²) in [4.78, 5) is 38.1. The summed E-state index contributed by atoms with van der Waals surface area (Å²) in [5, 5.41) is 10.4. The molecule has 196 valence electrons. The lowest BCUT2D eigenvalue weighted by atomic mass is 9.92. The molecule has 2 fully saturated rings. The van der Waals surface area contributed by atoms with Crippen molar-refractivity contribution >= 4 is 29.2 Å². The molecular weight excluding hydrogens is 465 g/mol. The Morgan fingerprint density at radius 3 is 1.83 bits per heavy atom. The molecule has 2 saturated heterocycles. The summed E-state index contributed by atoms with van der Waals surface area (Å²) >= 11 is 0. The third-order valence-corrected chi connectivity index (χ3v) is 6.12. The van der Waals surface area contributed by atoms with Crippen molar-refractivity contribution in [3.63, 3.8) is 0 Å². The predicted molar refractivity (Wildman–Crippen MR) is 127 cm³/mol. The molecule has 0 aliphatic carbocycles. The first kappa shape index (κ1) is 28.4. The molecule has 1 aromatic rings. The van der Waals surface area contributed by atoms with Gasteiger partial charge in [0.15, 0.2) is 0 Å². The van der Waals surface area contributed by atoms with Crippen LogP contribution >= 0.6 is 0 Å². The highest BCUT2D eigenvalue weighted by Crippen LogP contribution is 2.26. The summed E-state index contributed by atoms with van der Waals surface area (Å²) in [6.07, 6.45) is -3.16. The van der Waals surface area contributed by atoms with Crippen LogP contribution in [0.2, 0.25) is 0 Å². The van der Waals surface area contributed by atoms with Crippen LogP contribution in [0, 0.1) is 5.92 Å². The Morgan fingerprint density at radius 2 is 1.40 bits per heavy atom. The molecule has 0 unspecified atom stereocenters. The van der Waals surface area contributed by atoms with Gasteiger partial charge in [0.25, 0.3) is 5.97 Å². The minimum absolute atomic E-state index is 0.00229. The summed E-state index contributed by atoms with van der Waals surface area (Å²) in [5.74, 6) is -2.59. The summed E-state index contributed by atoms with van der Waals surface area (Å²) in [6.45, 7) is 10.2. The maximum Gasteiger partial charge on any atom is 0.471 e. The number of anilines is 2. The maximum absolute atomic E-state index is 12.6. The number of nitrogens with one attached hydrogen (secondary N) is 1. The zero-order valence-electron chi connectivity index (χ0n) is 20.7. The van der Waals surface area contributed by atoms with Gasteiger partial charge < -0.3 is 20.2 Å². The molecule has 0 atom stereocenters. The Morgan fingerprint density at radius 1 is 0.914 bits per heavy atom. The van der Waals surface area contributed by atoms with Crippen LogP contribution in [0.25, 0.3) is 0 Å². The number of piperazine rings is 1. The number of hydrogen-bond donors (Lipinski definition) is 2. The van der Waals surface area contributed by atoms with E-state index in [0.717, 1.165) is 43.4 Å². The van der Waals surface area contributed by atoms with Crippen LogP contribution in [0.5, 0.6) is 0 Å². The van der Waals surface area contributed by atoms with Gasteiger partial charge in [-0.25, -0.2) is 0 Å². The molecule has 2 N–H and O–H groups in total. The van der Waals surface area contributed by atoms with Crippen molar-refractivity contribution in [1.29, 1.82) is 0 Å². The van der Waals surface area contributed by atoms with E-state index in [1.807, 2.05) is 29.2 Å². The number of benzene rings is 1. The highest BCUT2D eigenvalue weighted by molar-refractivity contribution is 5.92. The number of hydrogen-bond acceptors (Lipinski definition) is 5. The number of carbonyl (C=O) groups excluding carboxylic acids is 2. The van der Waals surface area contributed by atoms with Crippen molar-refractivity contribution < 1.29 is 32.7 Å². The standard InChI is InChI=1S/C22H31F3N4O2.C2H4O2/c1-21(2,3)29-10-8-16(9-11-29)19(30)26-17-4-6-18(7-5-17)27-12-14-28(15-13-27)20(31)22(23,24)25;1-2(3)4/h4-7,16H,8-15H2,1-3H3,(H,26,30);1H3,(H,3,4). The van der Waals surface area contributed by atoms with E-state index in [1.54, 1.807) is 0 Å². The molecule has 11 heteroatoms. The number of alkyl halides is 3. The molecule has 2 aliphatic heterocycles. The van der Waals surface area contributed by atoms with Crippen molar-refractivity contribution in [2.24, 2.45) is 5.92 Å². The summed E-state index contributed by atoms with van der Waals surface area (Å²) in [6, 6.07) is 7.31. The van der Waals surface area contributed by atoms with Gasteiger partial charge in [0.1, 0.15) is 0 Å². The molecular formula is C24H35F3N4O4. The molecule has 2 heterocycles. The first-order valence-corrected chi connectivity index (χ1v) is 11.6. The molecule has 0 saturated carbocycles. The van der Waals surface area contributed by atoms with Crippen molar-refractivity contribution in [2.75, 3.05) is 49.5 Å². The van der Waals surface area contributed by atoms with E-state index < -0.39 is 18.1 Å². The lowest BCUT2D eigenvalue weighted by Crippen LogP contribution is -2.52. The lowest BCUT2D eigenvalue weighted by Gasteiger charge is -2.40. The highest BCUT2D eigenvalue weighted by Gasteiger charge is 2.43. The van der Waals surface area contributed by atoms with Gasteiger partial charge in [-0.2, -0.15) is 13.2 Å². The van der Waals surface area contributed by atoms with Gasteiger partial charge in [0.2, 0.25) is 5.91 Å². The third kappa shape index (κ3) is 8.72. The van der Waals surface area contributed by atoms with E-state index in [4.69, 9.17) is 9.90 Å². The Kier molecular flexibility index (Phi) is 9.53. The van der Waals surface area contributed by atoms with E-state index >= 15 is 0 Å². The fraction of sp³-hybridized carbons (Fsp3) is 0.625. The number of carboxylic acids is 1. The Balaban J connectivity index is 0.00000100. The Hall–Kier alpha value is -2.82. The molecule has 0 spiro atoms. The number of nitrogens with zero attached hydrogens (tertiary/aromatic N) is 3. The molecule has 2 amide bonds. The molecule has 0 aromatic heterocycles. The molecule has 35 heavy (non-hydrogen) atoms. The van der Waals surface area contributed by atoms with E-state index in [-0.39, 0.29) is 30.5 Å². The van der Waals surface area contributed by atoms with Crippen LogP contribution in [0.4, 0.5) is 24.5 Å². The van der Waals surface area contributed by atoms with Gasteiger partial charge >= 0.3 is 12.1 Å². The fourth-order valence-electron chi connectivity index (χ4n) is 4.16. The van der Waals surface area contributed by atoms with Crippen molar-refractivity contribution in [1.82, 2.24) is 9.80 Å². The summed E-state index contributed by atoms with van der Waals surface area (Å²) in [7, 11) is 0. The quantitative estimate of drug-likeness (QED) is 0.661. The maximum atomic E-state index is 12.6. The minimum atomic E-state index is -4.83. The number of rotatable bonds is 3. The predicted octanol–water partition coefficient (Wildman–Crippen LogP) is 3.44. The molecule has 0 bridgehead atoms. The van der Waals surface area contributed by atoms with Crippen molar-refractivity contribution in [3.8, 4) is 0 Å². The van der Waals surface area contributed by atoms with Crippen LogP contribution < -0.4 is 10.2 Å². The van der Waals surface area contributed by atoms with E-state index in [2.05, 4.69) is 31.0 Å². The second kappa shape index (κ2) is 11.7. The first-order chi connectivity index (χ1) is 16.2. The number of amides is 2. The smallest absolute Gasteiger partial charge is 0.471 e. The SMILES string of the molecule is CC(=O)O.CC(C)(C)N1CCC(C(=O)Nc2ccc(N3CCN(C(=O)C(F)(F)F)CC3)cc2)CC1. The second-order valence-corrected chi connectivity index (χ2v) is 9.76. The molecule has 8 nitrogen and oxygen atoms in total. The van der Waals surface area contributed by atoms with Gasteiger partial charge in [-0.05, 0) is 71.0 Å². The number of aliphatic carboxylic acids is 1. The topological polar surface area (TPSA) is 93.2 Å². The largest absolute Gasteiger partial charge is 0.481 e. The van der Waals surface area contributed by atoms with E-state index in [9.17, 15) is 22.8 Å². The van der Waals surface area contributed by atoms with Gasteiger partial charge in [-0.1, -0.05) is 0 Å².